The SMILES string of the molecule is CCCC(OC(CCC)C(C)(C)C(CCC)N1C(=O)CN(CC)C1=O)C(C)(C)C(CC)N1C(=O)CN(CC)C1=O. The average Bonchev–Trinajstić information content (AvgIpc) is 3.35. The Morgan fingerprint density at radius 1 is 0.625 bits per heavy atom. The molecule has 2 rings (SSSR count). The number of carbonyl (C=O) groups excluding carboxylic acids is 4. The van der Waals surface area contributed by atoms with Gasteiger partial charge in [-0.25, -0.2) is 9.59 Å². The molecule has 230 valence electrons. The lowest BCUT2D eigenvalue weighted by Gasteiger charge is -2.49. The van der Waals surface area contributed by atoms with Crippen molar-refractivity contribution in [2.75, 3.05) is 26.2 Å². The molecule has 0 aromatic rings. The van der Waals surface area contributed by atoms with Crippen molar-refractivity contribution in [1.29, 1.82) is 0 Å². The molecule has 0 spiro atoms. The first kappa shape index (κ1) is 34.0. The predicted octanol–water partition coefficient (Wildman–Crippen LogP) is 5.91. The smallest absolute Gasteiger partial charge is 0.327 e. The molecule has 4 unspecified atom stereocenters. The molecular formula is C31H56N4O5. The van der Waals surface area contributed by atoms with E-state index in [9.17, 15) is 19.2 Å². The third-order valence-electron chi connectivity index (χ3n) is 9.29. The van der Waals surface area contributed by atoms with Gasteiger partial charge in [0, 0.05) is 36.0 Å². The summed E-state index contributed by atoms with van der Waals surface area (Å²) in [5, 5.41) is 0. The maximum Gasteiger partial charge on any atom is 0.327 e. The third-order valence-corrected chi connectivity index (χ3v) is 9.29. The predicted molar refractivity (Wildman–Crippen MR) is 158 cm³/mol. The van der Waals surface area contributed by atoms with Gasteiger partial charge < -0.3 is 14.5 Å². The molecule has 2 heterocycles. The van der Waals surface area contributed by atoms with Crippen LogP contribution in [0.4, 0.5) is 9.59 Å². The van der Waals surface area contributed by atoms with E-state index in [1.165, 1.54) is 9.80 Å². The van der Waals surface area contributed by atoms with Crippen molar-refractivity contribution in [2.45, 2.75) is 138 Å². The van der Waals surface area contributed by atoms with Crippen LogP contribution >= 0.6 is 0 Å². The maximum absolute atomic E-state index is 13.3. The summed E-state index contributed by atoms with van der Waals surface area (Å²) < 4.78 is 7.11. The van der Waals surface area contributed by atoms with Crippen LogP contribution in [0.1, 0.15) is 114 Å². The highest BCUT2D eigenvalue weighted by molar-refractivity contribution is 6.03. The number of amides is 6. The number of carbonyl (C=O) groups is 4. The second kappa shape index (κ2) is 14.1. The maximum atomic E-state index is 13.3. The molecule has 2 aliphatic rings. The van der Waals surface area contributed by atoms with E-state index in [2.05, 4.69) is 48.5 Å². The van der Waals surface area contributed by atoms with Crippen LogP contribution < -0.4 is 0 Å². The van der Waals surface area contributed by atoms with Gasteiger partial charge in [-0.15, -0.1) is 0 Å². The first-order valence-electron chi connectivity index (χ1n) is 15.6. The van der Waals surface area contributed by atoms with E-state index in [1.807, 2.05) is 20.8 Å². The summed E-state index contributed by atoms with van der Waals surface area (Å²) in [6.45, 7) is 21.9. The van der Waals surface area contributed by atoms with Crippen molar-refractivity contribution in [3.05, 3.63) is 0 Å². The van der Waals surface area contributed by atoms with Gasteiger partial charge >= 0.3 is 12.1 Å². The summed E-state index contributed by atoms with van der Waals surface area (Å²) >= 11 is 0. The molecule has 0 radical (unpaired) electrons. The van der Waals surface area contributed by atoms with Gasteiger partial charge in [-0.1, -0.05) is 74.7 Å². The highest BCUT2D eigenvalue weighted by Crippen LogP contribution is 2.43. The second-order valence-electron chi connectivity index (χ2n) is 12.7. The van der Waals surface area contributed by atoms with Crippen LogP contribution in [0.5, 0.6) is 0 Å². The first-order valence-corrected chi connectivity index (χ1v) is 15.6. The Labute approximate surface area is 242 Å². The molecule has 0 saturated carbocycles. The van der Waals surface area contributed by atoms with Crippen LogP contribution in [0.2, 0.25) is 0 Å². The summed E-state index contributed by atoms with van der Waals surface area (Å²) in [6.07, 6.45) is 5.05. The highest BCUT2D eigenvalue weighted by Gasteiger charge is 2.52. The number of nitrogens with zero attached hydrogens (tertiary/aromatic N) is 4. The zero-order chi connectivity index (χ0) is 30.4. The molecule has 0 N–H and O–H groups in total. The number of rotatable bonds is 17. The topological polar surface area (TPSA) is 90.5 Å². The Bertz CT molecular complexity index is 904. The van der Waals surface area contributed by atoms with E-state index < -0.39 is 10.8 Å². The first-order chi connectivity index (χ1) is 18.8. The summed E-state index contributed by atoms with van der Waals surface area (Å²) in [6, 6.07) is -1.03. The fourth-order valence-corrected chi connectivity index (χ4v) is 6.77. The van der Waals surface area contributed by atoms with Gasteiger partial charge in [0.25, 0.3) is 11.8 Å². The molecule has 0 aliphatic carbocycles. The quantitative estimate of drug-likeness (QED) is 0.205. The van der Waals surface area contributed by atoms with E-state index in [0.717, 1.165) is 32.1 Å². The molecule has 2 aliphatic heterocycles. The summed E-state index contributed by atoms with van der Waals surface area (Å²) in [5.74, 6) is -0.293. The van der Waals surface area contributed by atoms with Crippen molar-refractivity contribution >= 4 is 23.9 Å². The molecule has 6 amide bonds. The molecular weight excluding hydrogens is 508 g/mol. The Morgan fingerprint density at radius 2 is 1.00 bits per heavy atom. The minimum atomic E-state index is -0.513. The number of hydrogen-bond donors (Lipinski definition) is 0. The van der Waals surface area contributed by atoms with Crippen LogP contribution in [0.15, 0.2) is 0 Å². The van der Waals surface area contributed by atoms with E-state index in [-0.39, 0.29) is 61.3 Å². The van der Waals surface area contributed by atoms with Crippen LogP contribution in [0, 0.1) is 10.8 Å². The summed E-state index contributed by atoms with van der Waals surface area (Å²) in [5.41, 5.74) is -1.02. The zero-order valence-electron chi connectivity index (χ0n) is 26.9. The van der Waals surface area contributed by atoms with Gasteiger partial charge in [0.05, 0.1) is 12.2 Å². The standard InChI is InChI=1S/C31H56N4O5/c1-11-17-23(35-27(37)21-33(16-6)29(35)39)31(9,10)25(19-13-3)40-24(18-12-2)30(7,8)22(14-4)34-26(36)20-32(15-5)28(34)38/h22-25H,11-21H2,1-10H3. The van der Waals surface area contributed by atoms with Crippen molar-refractivity contribution in [1.82, 2.24) is 19.6 Å². The number of urea groups is 2. The number of hydrogen-bond acceptors (Lipinski definition) is 5. The largest absolute Gasteiger partial charge is 0.374 e. The number of imide groups is 2. The Hall–Kier alpha value is -2.16. The van der Waals surface area contributed by atoms with Crippen LogP contribution in [0.25, 0.3) is 0 Å². The normalized spacial score (nSPS) is 20.1. The molecule has 0 aromatic heterocycles. The number of ether oxygens (including phenoxy) is 1. The van der Waals surface area contributed by atoms with Crippen molar-refractivity contribution in [3.63, 3.8) is 0 Å². The molecule has 40 heavy (non-hydrogen) atoms. The van der Waals surface area contributed by atoms with E-state index in [1.54, 1.807) is 9.80 Å². The molecule has 9 heteroatoms. The fraction of sp³-hybridized carbons (Fsp3) is 0.871. The monoisotopic (exact) mass is 564 g/mol. The summed E-state index contributed by atoms with van der Waals surface area (Å²) in [4.78, 5) is 58.8. The lowest BCUT2D eigenvalue weighted by molar-refractivity contribution is -0.156. The summed E-state index contributed by atoms with van der Waals surface area (Å²) in [7, 11) is 0. The second-order valence-corrected chi connectivity index (χ2v) is 12.7. The lowest BCUT2D eigenvalue weighted by Crippen LogP contribution is -2.57. The molecule has 0 bridgehead atoms. The fourth-order valence-electron chi connectivity index (χ4n) is 6.77. The van der Waals surface area contributed by atoms with Gasteiger partial charge in [-0.2, -0.15) is 0 Å². The van der Waals surface area contributed by atoms with Crippen molar-refractivity contribution in [2.24, 2.45) is 10.8 Å². The lowest BCUT2D eigenvalue weighted by atomic mass is 9.72. The van der Waals surface area contributed by atoms with Crippen LogP contribution in [-0.2, 0) is 14.3 Å². The highest BCUT2D eigenvalue weighted by atomic mass is 16.5. The molecule has 2 saturated heterocycles. The molecule has 0 aromatic carbocycles. The Morgan fingerprint density at radius 3 is 1.32 bits per heavy atom. The van der Waals surface area contributed by atoms with Gasteiger partial charge in [0.2, 0.25) is 0 Å². The van der Waals surface area contributed by atoms with Gasteiger partial charge in [-0.05, 0) is 39.5 Å². The minimum Gasteiger partial charge on any atom is -0.374 e. The number of likely N-dealkylation sites (N-methyl/N-ethyl adjacent to an activating group) is 2. The van der Waals surface area contributed by atoms with Crippen LogP contribution in [-0.4, -0.2) is 93.9 Å². The van der Waals surface area contributed by atoms with E-state index in [4.69, 9.17) is 4.74 Å². The van der Waals surface area contributed by atoms with E-state index >= 15 is 0 Å². The van der Waals surface area contributed by atoms with Crippen molar-refractivity contribution in [3.8, 4) is 0 Å². The van der Waals surface area contributed by atoms with Gasteiger partial charge in [-0.3, -0.25) is 19.4 Å². The average molecular weight is 565 g/mol. The Kier molecular flexibility index (Phi) is 12.0. The van der Waals surface area contributed by atoms with Gasteiger partial charge in [0.1, 0.15) is 13.1 Å². The van der Waals surface area contributed by atoms with E-state index in [0.29, 0.717) is 25.9 Å². The van der Waals surface area contributed by atoms with Gasteiger partial charge in [0.15, 0.2) is 0 Å². The van der Waals surface area contributed by atoms with Crippen LogP contribution in [0.3, 0.4) is 0 Å². The minimum absolute atomic E-state index is 0.123. The molecule has 4 atom stereocenters. The zero-order valence-corrected chi connectivity index (χ0v) is 26.9. The molecule has 9 nitrogen and oxygen atoms in total. The van der Waals surface area contributed by atoms with Crippen molar-refractivity contribution < 1.29 is 23.9 Å². The molecule has 2 fully saturated rings. The Balaban J connectivity index is 2.47. The third kappa shape index (κ3) is 6.66.